The van der Waals surface area contributed by atoms with Gasteiger partial charge in [-0.1, -0.05) is 12.1 Å². The van der Waals surface area contributed by atoms with Crippen molar-refractivity contribution in [1.29, 1.82) is 0 Å². The first kappa shape index (κ1) is 18.1. The van der Waals surface area contributed by atoms with Crippen molar-refractivity contribution in [2.24, 2.45) is 0 Å². The minimum atomic E-state index is -0.256. The zero-order valence-electron chi connectivity index (χ0n) is 14.8. The molecule has 3 rings (SSSR count). The fourth-order valence-electron chi connectivity index (χ4n) is 2.68. The molecule has 8 nitrogen and oxygen atoms in total. The summed E-state index contributed by atoms with van der Waals surface area (Å²) >= 11 is 0. The smallest absolute Gasteiger partial charge is 0.270 e. The molecule has 1 aromatic heterocycles. The van der Waals surface area contributed by atoms with Crippen molar-refractivity contribution < 1.29 is 14.3 Å². The normalized spacial score (nSPS) is 14.1. The van der Waals surface area contributed by atoms with E-state index in [1.54, 1.807) is 19.4 Å². The molecule has 0 spiro atoms. The highest BCUT2D eigenvalue weighted by Crippen LogP contribution is 2.28. The molecule has 2 aromatic rings. The van der Waals surface area contributed by atoms with Gasteiger partial charge in [0.1, 0.15) is 5.69 Å². The molecule has 0 unspecified atom stereocenters. The Morgan fingerprint density at radius 2 is 2.08 bits per heavy atom. The second-order valence-electron chi connectivity index (χ2n) is 5.76. The van der Waals surface area contributed by atoms with Crippen molar-refractivity contribution in [3.8, 4) is 0 Å². The molecule has 26 heavy (non-hydrogen) atoms. The van der Waals surface area contributed by atoms with Gasteiger partial charge in [-0.2, -0.15) is 0 Å². The van der Waals surface area contributed by atoms with Gasteiger partial charge in [0.25, 0.3) is 5.91 Å². The molecule has 0 saturated carbocycles. The summed E-state index contributed by atoms with van der Waals surface area (Å²) in [6, 6.07) is 9.56. The number of methoxy groups -OCH3 is 1. The number of aromatic nitrogens is 2. The van der Waals surface area contributed by atoms with Crippen molar-refractivity contribution in [1.82, 2.24) is 15.3 Å². The van der Waals surface area contributed by atoms with Crippen LogP contribution in [0.4, 0.5) is 17.3 Å². The lowest BCUT2D eigenvalue weighted by Gasteiger charge is -2.30. The first-order valence-electron chi connectivity index (χ1n) is 8.57. The van der Waals surface area contributed by atoms with Gasteiger partial charge in [-0.05, 0) is 18.2 Å². The van der Waals surface area contributed by atoms with Crippen LogP contribution in [0.5, 0.6) is 0 Å². The lowest BCUT2D eigenvalue weighted by Crippen LogP contribution is -2.36. The van der Waals surface area contributed by atoms with E-state index in [-0.39, 0.29) is 5.91 Å². The maximum atomic E-state index is 12.1. The monoisotopic (exact) mass is 357 g/mol. The predicted octanol–water partition coefficient (Wildman–Crippen LogP) is 1.43. The van der Waals surface area contributed by atoms with E-state index in [1.807, 2.05) is 18.2 Å². The highest BCUT2D eigenvalue weighted by molar-refractivity contribution is 5.92. The number of carbonyl (C=O) groups is 1. The van der Waals surface area contributed by atoms with E-state index in [4.69, 9.17) is 9.47 Å². The van der Waals surface area contributed by atoms with Gasteiger partial charge in [-0.3, -0.25) is 4.79 Å². The lowest BCUT2D eigenvalue weighted by molar-refractivity contribution is 0.0932. The van der Waals surface area contributed by atoms with Crippen molar-refractivity contribution >= 4 is 23.2 Å². The van der Waals surface area contributed by atoms with Gasteiger partial charge in [0.2, 0.25) is 5.95 Å². The Morgan fingerprint density at radius 3 is 2.88 bits per heavy atom. The topological polar surface area (TPSA) is 88.6 Å². The van der Waals surface area contributed by atoms with Crippen LogP contribution in [0.2, 0.25) is 0 Å². The van der Waals surface area contributed by atoms with Gasteiger partial charge in [0.15, 0.2) is 0 Å². The van der Waals surface area contributed by atoms with E-state index in [2.05, 4.69) is 31.6 Å². The summed E-state index contributed by atoms with van der Waals surface area (Å²) < 4.78 is 10.3. The first-order valence-corrected chi connectivity index (χ1v) is 8.57. The molecule has 1 aliphatic rings. The number of amides is 1. The summed E-state index contributed by atoms with van der Waals surface area (Å²) in [6.45, 7) is 3.98. The minimum absolute atomic E-state index is 0.256. The third kappa shape index (κ3) is 4.68. The molecule has 2 N–H and O–H groups in total. The van der Waals surface area contributed by atoms with Gasteiger partial charge in [0, 0.05) is 32.9 Å². The largest absolute Gasteiger partial charge is 0.383 e. The molecule has 2 heterocycles. The van der Waals surface area contributed by atoms with E-state index in [1.165, 1.54) is 0 Å². The molecule has 1 aromatic carbocycles. The number of rotatable bonds is 7. The number of ether oxygens (including phenoxy) is 2. The summed E-state index contributed by atoms with van der Waals surface area (Å²) in [5.74, 6) is 0.124. The number of nitrogens with zero attached hydrogens (tertiary/aromatic N) is 3. The van der Waals surface area contributed by atoms with Gasteiger partial charge < -0.3 is 25.0 Å². The van der Waals surface area contributed by atoms with Crippen molar-refractivity contribution in [2.75, 3.05) is 56.8 Å². The predicted molar refractivity (Wildman–Crippen MR) is 99.0 cm³/mol. The summed E-state index contributed by atoms with van der Waals surface area (Å²) in [6.07, 6.45) is 1.57. The Hall–Kier alpha value is -2.71. The molecule has 1 aliphatic heterocycles. The number of morpholine rings is 1. The Kier molecular flexibility index (Phi) is 6.34. The summed E-state index contributed by atoms with van der Waals surface area (Å²) in [5, 5.41) is 5.97. The lowest BCUT2D eigenvalue weighted by atomic mass is 10.2. The van der Waals surface area contributed by atoms with E-state index >= 15 is 0 Å². The standard InChI is InChI=1S/C18H23N5O3/c1-25-11-8-19-17(24)15-6-7-20-18(22-15)21-14-4-2-3-5-16(14)23-9-12-26-13-10-23/h2-7H,8-13H2,1H3,(H,19,24)(H,20,21,22). The van der Waals surface area contributed by atoms with Crippen LogP contribution in [0.1, 0.15) is 10.5 Å². The molecule has 138 valence electrons. The molecular weight excluding hydrogens is 334 g/mol. The number of hydrogen-bond donors (Lipinski definition) is 2. The highest BCUT2D eigenvalue weighted by Gasteiger charge is 2.15. The number of benzene rings is 1. The maximum Gasteiger partial charge on any atom is 0.270 e. The van der Waals surface area contributed by atoms with Crippen molar-refractivity contribution in [3.05, 3.63) is 42.2 Å². The molecule has 0 bridgehead atoms. The maximum absolute atomic E-state index is 12.1. The number of anilines is 3. The van der Waals surface area contributed by atoms with Crippen molar-refractivity contribution in [3.63, 3.8) is 0 Å². The van der Waals surface area contributed by atoms with Crippen LogP contribution in [0.15, 0.2) is 36.5 Å². The van der Waals surface area contributed by atoms with E-state index in [0.29, 0.717) is 38.0 Å². The van der Waals surface area contributed by atoms with Crippen LogP contribution >= 0.6 is 0 Å². The molecule has 1 amide bonds. The second-order valence-corrected chi connectivity index (χ2v) is 5.76. The Labute approximate surface area is 152 Å². The average Bonchev–Trinajstić information content (AvgIpc) is 2.69. The van der Waals surface area contributed by atoms with Gasteiger partial charge in [0.05, 0.1) is 31.2 Å². The van der Waals surface area contributed by atoms with Gasteiger partial charge in [-0.25, -0.2) is 9.97 Å². The summed E-state index contributed by atoms with van der Waals surface area (Å²) in [7, 11) is 1.59. The van der Waals surface area contributed by atoms with E-state index in [0.717, 1.165) is 24.5 Å². The number of hydrogen-bond acceptors (Lipinski definition) is 7. The number of nitrogens with one attached hydrogen (secondary N) is 2. The molecular formula is C18H23N5O3. The fraction of sp³-hybridized carbons (Fsp3) is 0.389. The van der Waals surface area contributed by atoms with E-state index in [9.17, 15) is 4.79 Å². The average molecular weight is 357 g/mol. The highest BCUT2D eigenvalue weighted by atomic mass is 16.5. The summed E-state index contributed by atoms with van der Waals surface area (Å²) in [4.78, 5) is 22.9. The van der Waals surface area contributed by atoms with Crippen LogP contribution < -0.4 is 15.5 Å². The molecule has 1 saturated heterocycles. The second kappa shape index (κ2) is 9.12. The minimum Gasteiger partial charge on any atom is -0.383 e. The Bertz CT molecular complexity index is 734. The SMILES string of the molecule is COCCNC(=O)c1ccnc(Nc2ccccc2N2CCOCC2)n1. The van der Waals surface area contributed by atoms with Crippen LogP contribution in [0, 0.1) is 0 Å². The quantitative estimate of drug-likeness (QED) is 0.725. The molecule has 1 fully saturated rings. The number of para-hydroxylation sites is 2. The third-order valence-corrected chi connectivity index (χ3v) is 3.98. The van der Waals surface area contributed by atoms with Gasteiger partial charge >= 0.3 is 0 Å². The molecule has 0 aliphatic carbocycles. The Morgan fingerprint density at radius 1 is 1.27 bits per heavy atom. The molecule has 8 heteroatoms. The zero-order chi connectivity index (χ0) is 18.2. The first-order chi connectivity index (χ1) is 12.8. The van der Waals surface area contributed by atoms with E-state index < -0.39 is 0 Å². The third-order valence-electron chi connectivity index (χ3n) is 3.98. The van der Waals surface area contributed by atoms with Crippen LogP contribution in [-0.2, 0) is 9.47 Å². The molecule has 0 atom stereocenters. The molecule has 0 radical (unpaired) electrons. The van der Waals surface area contributed by atoms with Crippen LogP contribution in [-0.4, -0.2) is 62.4 Å². The van der Waals surface area contributed by atoms with Crippen LogP contribution in [0.25, 0.3) is 0 Å². The Balaban J connectivity index is 1.73. The van der Waals surface area contributed by atoms with Crippen LogP contribution in [0.3, 0.4) is 0 Å². The summed E-state index contributed by atoms with van der Waals surface area (Å²) in [5.41, 5.74) is 2.27. The van der Waals surface area contributed by atoms with Gasteiger partial charge in [-0.15, -0.1) is 0 Å². The number of carbonyl (C=O) groups excluding carboxylic acids is 1. The van der Waals surface area contributed by atoms with Crippen molar-refractivity contribution in [2.45, 2.75) is 0 Å². The zero-order valence-corrected chi connectivity index (χ0v) is 14.8. The fourth-order valence-corrected chi connectivity index (χ4v) is 2.68.